The molecule has 1 saturated heterocycles. The number of carbonyl (C=O) groups is 4. The van der Waals surface area contributed by atoms with E-state index in [1.54, 1.807) is 14.7 Å². The number of β-amino-alcohol motifs (C(OH)–C–C–N with tert-alkyl or cyclic N) is 1. The Hall–Kier alpha value is -3.70. The van der Waals surface area contributed by atoms with Crippen molar-refractivity contribution in [3.63, 3.8) is 0 Å². The third kappa shape index (κ3) is 14.0. The van der Waals surface area contributed by atoms with Crippen LogP contribution in [0, 0.1) is 10.1 Å². The summed E-state index contributed by atoms with van der Waals surface area (Å²) in [5, 5.41) is 51.9. The van der Waals surface area contributed by atoms with Gasteiger partial charge in [0.05, 0.1) is 37.1 Å². The van der Waals surface area contributed by atoms with Gasteiger partial charge in [-0.1, -0.05) is 12.1 Å². The van der Waals surface area contributed by atoms with E-state index in [4.69, 9.17) is 0 Å². The first-order valence-corrected chi connectivity index (χ1v) is 13.1. The first-order valence-electron chi connectivity index (χ1n) is 13.1. The largest absolute Gasteiger partial charge is 0.480 e. The summed E-state index contributed by atoms with van der Waals surface area (Å²) in [5.74, 6) is -3.47. The lowest BCUT2D eigenvalue weighted by Gasteiger charge is -2.33. The zero-order chi connectivity index (χ0) is 30.4. The van der Waals surface area contributed by atoms with Crippen LogP contribution < -0.4 is 5.32 Å². The van der Waals surface area contributed by atoms with Gasteiger partial charge in [-0.2, -0.15) is 0 Å². The Morgan fingerprint density at radius 1 is 0.756 bits per heavy atom. The van der Waals surface area contributed by atoms with Gasteiger partial charge in [-0.05, 0) is 5.56 Å². The SMILES string of the molecule is O=C(O)CN1CCN(CC(=O)O)CCN(CC(O)CNC(=O)Cc2ccc([N+](=O)[O-])cc2)CCN(CC(=O)O)CC1. The number of nitrogens with zero attached hydrogens (tertiary/aromatic N) is 5. The molecule has 1 aliphatic heterocycles. The zero-order valence-corrected chi connectivity index (χ0v) is 22.8. The molecular formula is C25H38N6O10. The highest BCUT2D eigenvalue weighted by molar-refractivity contribution is 5.78. The highest BCUT2D eigenvalue weighted by Crippen LogP contribution is 2.12. The predicted molar refractivity (Wildman–Crippen MR) is 144 cm³/mol. The van der Waals surface area contributed by atoms with Crippen LogP contribution in [0.1, 0.15) is 5.56 Å². The molecular weight excluding hydrogens is 544 g/mol. The number of hydrogen-bond acceptors (Lipinski definition) is 11. The quantitative estimate of drug-likeness (QED) is 0.127. The van der Waals surface area contributed by atoms with E-state index in [2.05, 4.69) is 5.32 Å². The van der Waals surface area contributed by atoms with Crippen molar-refractivity contribution in [1.29, 1.82) is 0 Å². The summed E-state index contributed by atoms with van der Waals surface area (Å²) < 4.78 is 0. The minimum atomic E-state index is -1.04. The molecule has 1 aromatic rings. The Morgan fingerprint density at radius 3 is 1.51 bits per heavy atom. The number of rotatable bonds is 13. The van der Waals surface area contributed by atoms with Gasteiger partial charge >= 0.3 is 17.9 Å². The Labute approximate surface area is 236 Å². The van der Waals surface area contributed by atoms with E-state index >= 15 is 0 Å². The van der Waals surface area contributed by atoms with Gasteiger partial charge in [0.1, 0.15) is 0 Å². The van der Waals surface area contributed by atoms with Gasteiger partial charge < -0.3 is 25.7 Å². The fourth-order valence-corrected chi connectivity index (χ4v) is 4.39. The smallest absolute Gasteiger partial charge is 0.317 e. The molecule has 228 valence electrons. The van der Waals surface area contributed by atoms with Gasteiger partial charge in [-0.15, -0.1) is 0 Å². The van der Waals surface area contributed by atoms with E-state index in [-0.39, 0.29) is 76.9 Å². The topological polar surface area (TPSA) is 217 Å². The van der Waals surface area contributed by atoms with Crippen LogP contribution in [0.15, 0.2) is 24.3 Å². The average Bonchev–Trinajstić information content (AvgIpc) is 2.88. The molecule has 41 heavy (non-hydrogen) atoms. The van der Waals surface area contributed by atoms with Gasteiger partial charge in [-0.25, -0.2) is 0 Å². The molecule has 0 saturated carbocycles. The maximum atomic E-state index is 12.3. The van der Waals surface area contributed by atoms with Crippen molar-refractivity contribution in [2.75, 3.05) is 85.1 Å². The molecule has 16 nitrogen and oxygen atoms in total. The molecule has 0 spiro atoms. The van der Waals surface area contributed by atoms with E-state index in [0.29, 0.717) is 31.7 Å². The van der Waals surface area contributed by atoms with Gasteiger partial charge in [0.25, 0.3) is 5.69 Å². The highest BCUT2D eigenvalue weighted by Gasteiger charge is 2.21. The Kier molecular flexibility index (Phi) is 14.0. The van der Waals surface area contributed by atoms with Crippen molar-refractivity contribution in [3.8, 4) is 0 Å². The molecule has 1 atom stereocenters. The second-order valence-electron chi connectivity index (χ2n) is 9.87. The molecule has 1 unspecified atom stereocenters. The number of nitrogens with one attached hydrogen (secondary N) is 1. The lowest BCUT2D eigenvalue weighted by molar-refractivity contribution is -0.384. The van der Waals surface area contributed by atoms with E-state index in [1.807, 2.05) is 4.90 Å². The lowest BCUT2D eigenvalue weighted by Crippen LogP contribution is -2.50. The number of amides is 1. The third-order valence-corrected chi connectivity index (χ3v) is 6.52. The fourth-order valence-electron chi connectivity index (χ4n) is 4.39. The summed E-state index contributed by atoms with van der Waals surface area (Å²) in [6, 6.07) is 5.58. The molecule has 0 bridgehead atoms. The van der Waals surface area contributed by atoms with Crippen LogP contribution in [0.25, 0.3) is 0 Å². The van der Waals surface area contributed by atoms with Gasteiger partial charge in [-0.3, -0.25) is 48.9 Å². The predicted octanol–water partition coefficient (Wildman–Crippen LogP) is -1.91. The number of aliphatic hydroxyl groups is 1. The zero-order valence-electron chi connectivity index (χ0n) is 22.8. The first kappa shape index (κ1) is 33.5. The lowest BCUT2D eigenvalue weighted by atomic mass is 10.1. The van der Waals surface area contributed by atoms with Crippen LogP contribution in [-0.2, 0) is 25.6 Å². The van der Waals surface area contributed by atoms with Crippen molar-refractivity contribution >= 4 is 29.5 Å². The van der Waals surface area contributed by atoms with Crippen LogP contribution in [0.2, 0.25) is 0 Å². The molecule has 1 aliphatic rings. The van der Waals surface area contributed by atoms with Crippen LogP contribution in [0.4, 0.5) is 5.69 Å². The number of aliphatic hydroxyl groups excluding tert-OH is 1. The number of non-ortho nitro benzene ring substituents is 1. The second kappa shape index (κ2) is 17.2. The van der Waals surface area contributed by atoms with E-state index in [0.717, 1.165) is 0 Å². The first-order chi connectivity index (χ1) is 19.4. The van der Waals surface area contributed by atoms with Crippen LogP contribution in [0.3, 0.4) is 0 Å². The third-order valence-electron chi connectivity index (χ3n) is 6.52. The standard InChI is InChI=1S/C25H38N6O10/c32-21(14-26-22(33)13-19-1-3-20(4-2-19)31(40)41)15-27-5-7-28(16-23(34)35)9-11-30(18-25(38)39)12-10-29(8-6-27)17-24(36)37/h1-4,21,32H,5-18H2,(H,26,33)(H,34,35)(H,36,37)(H,38,39). The number of nitro groups is 1. The van der Waals surface area contributed by atoms with Crippen LogP contribution in [0.5, 0.6) is 0 Å². The van der Waals surface area contributed by atoms with Gasteiger partial charge in [0.15, 0.2) is 0 Å². The van der Waals surface area contributed by atoms with Gasteiger partial charge in [0.2, 0.25) is 5.91 Å². The molecule has 0 radical (unpaired) electrons. The summed E-state index contributed by atoms with van der Waals surface area (Å²) in [7, 11) is 0. The molecule has 16 heteroatoms. The number of carbonyl (C=O) groups excluding carboxylic acids is 1. The molecule has 0 aliphatic carbocycles. The monoisotopic (exact) mass is 582 g/mol. The number of benzene rings is 1. The Balaban J connectivity index is 2.00. The van der Waals surface area contributed by atoms with Crippen molar-refractivity contribution < 1.29 is 44.5 Å². The summed E-state index contributed by atoms with van der Waals surface area (Å²) >= 11 is 0. The Bertz CT molecular complexity index is 1010. The minimum Gasteiger partial charge on any atom is -0.480 e. The van der Waals surface area contributed by atoms with E-state index < -0.39 is 28.9 Å². The summed E-state index contributed by atoms with van der Waals surface area (Å²) in [6.07, 6.45) is -1.00. The highest BCUT2D eigenvalue weighted by atomic mass is 16.6. The number of aliphatic carboxylic acids is 3. The minimum absolute atomic E-state index is 0.0262. The maximum Gasteiger partial charge on any atom is 0.317 e. The van der Waals surface area contributed by atoms with Gasteiger partial charge in [0, 0.05) is 77.6 Å². The van der Waals surface area contributed by atoms with Crippen molar-refractivity contribution in [3.05, 3.63) is 39.9 Å². The average molecular weight is 583 g/mol. The molecule has 5 N–H and O–H groups in total. The van der Waals surface area contributed by atoms with Crippen molar-refractivity contribution in [2.45, 2.75) is 12.5 Å². The number of hydrogen-bond donors (Lipinski definition) is 5. The maximum absolute atomic E-state index is 12.3. The summed E-state index contributed by atoms with van der Waals surface area (Å²) in [4.78, 5) is 63.5. The van der Waals surface area contributed by atoms with Crippen LogP contribution >= 0.6 is 0 Å². The molecule has 0 aromatic heterocycles. The molecule has 2 rings (SSSR count). The molecule has 1 aromatic carbocycles. The Morgan fingerprint density at radius 2 is 1.15 bits per heavy atom. The normalized spacial score (nSPS) is 17.6. The van der Waals surface area contributed by atoms with Crippen LogP contribution in [-0.4, -0.2) is 160 Å². The molecule has 1 heterocycles. The fraction of sp³-hybridized carbons (Fsp3) is 0.600. The van der Waals surface area contributed by atoms with E-state index in [1.165, 1.54) is 24.3 Å². The van der Waals surface area contributed by atoms with Crippen molar-refractivity contribution in [2.24, 2.45) is 0 Å². The number of nitro benzene ring substituents is 1. The molecule has 1 amide bonds. The number of carboxylic acids is 3. The molecule has 1 fully saturated rings. The van der Waals surface area contributed by atoms with Crippen molar-refractivity contribution in [1.82, 2.24) is 24.9 Å². The summed E-state index contributed by atoms with van der Waals surface area (Å²) in [6.45, 7) is 1.76. The second-order valence-corrected chi connectivity index (χ2v) is 9.87. The van der Waals surface area contributed by atoms with E-state index in [9.17, 15) is 49.7 Å². The number of carboxylic acid groups (broad SMARTS) is 3. The summed E-state index contributed by atoms with van der Waals surface area (Å²) in [5.41, 5.74) is 0.488.